The number of aliphatic imine (C=N–C) groups is 1. The number of fused-ring (bicyclic) bond motifs is 1. The van der Waals surface area contributed by atoms with E-state index in [1.54, 1.807) is 11.3 Å². The first kappa shape index (κ1) is 18.8. The van der Waals surface area contributed by atoms with Crippen molar-refractivity contribution in [2.45, 2.75) is 6.54 Å². The van der Waals surface area contributed by atoms with E-state index in [0.29, 0.717) is 5.84 Å². The molecule has 2 heterocycles. The Kier molecular flexibility index (Phi) is 7.16. The van der Waals surface area contributed by atoms with Gasteiger partial charge in [0.05, 0.1) is 10.6 Å². The topological polar surface area (TPSA) is 50.8 Å². The van der Waals surface area contributed by atoms with Crippen LogP contribution in [0.1, 0.15) is 10.4 Å². The highest BCUT2D eigenvalue weighted by Gasteiger charge is 2.12. The first-order valence-corrected chi connectivity index (χ1v) is 7.42. The standard InChI is InChI=1S/C15H17N3OS.2ClH/c1-18-6-7-19-13-5-4-12(9-11(13)10-18)17-15(16)14-3-2-8-20-14;;/h2-5,8-9H,6-7,10H2,1H3,(H2,16,17);2*1H. The molecule has 3 rings (SSSR count). The summed E-state index contributed by atoms with van der Waals surface area (Å²) in [6, 6.07) is 9.93. The average molecular weight is 360 g/mol. The Bertz CT molecular complexity index is 632. The lowest BCUT2D eigenvalue weighted by molar-refractivity contribution is 0.259. The second-order valence-corrected chi connectivity index (χ2v) is 5.80. The molecule has 22 heavy (non-hydrogen) atoms. The van der Waals surface area contributed by atoms with E-state index in [4.69, 9.17) is 10.5 Å². The summed E-state index contributed by atoms with van der Waals surface area (Å²) in [4.78, 5) is 7.73. The van der Waals surface area contributed by atoms with Crippen LogP contribution in [0.3, 0.4) is 0 Å². The van der Waals surface area contributed by atoms with Crippen LogP contribution in [0, 0.1) is 0 Å². The predicted molar refractivity (Wildman–Crippen MR) is 97.5 cm³/mol. The second-order valence-electron chi connectivity index (χ2n) is 4.85. The minimum absolute atomic E-state index is 0. The van der Waals surface area contributed by atoms with Crippen molar-refractivity contribution in [1.29, 1.82) is 0 Å². The number of likely N-dealkylation sites (N-methyl/N-ethyl adjacent to an activating group) is 1. The molecule has 0 radical (unpaired) electrons. The summed E-state index contributed by atoms with van der Waals surface area (Å²) in [7, 11) is 2.09. The molecule has 2 aromatic rings. The lowest BCUT2D eigenvalue weighted by atomic mass is 10.1. The Hall–Kier alpha value is -1.27. The zero-order valence-electron chi connectivity index (χ0n) is 12.2. The smallest absolute Gasteiger partial charge is 0.141 e. The molecule has 0 atom stereocenters. The van der Waals surface area contributed by atoms with Crippen molar-refractivity contribution in [2.75, 3.05) is 20.2 Å². The highest BCUT2D eigenvalue weighted by atomic mass is 35.5. The number of halogens is 2. The molecule has 0 saturated carbocycles. The Balaban J connectivity index is 0.00000121. The van der Waals surface area contributed by atoms with Crippen molar-refractivity contribution in [2.24, 2.45) is 10.7 Å². The lowest BCUT2D eigenvalue weighted by Gasteiger charge is -2.11. The highest BCUT2D eigenvalue weighted by molar-refractivity contribution is 7.12. The van der Waals surface area contributed by atoms with Crippen LogP contribution in [0.25, 0.3) is 0 Å². The van der Waals surface area contributed by atoms with E-state index in [0.717, 1.165) is 41.6 Å². The number of nitrogens with two attached hydrogens (primary N) is 1. The Morgan fingerprint density at radius 2 is 2.14 bits per heavy atom. The molecule has 1 aromatic carbocycles. The molecule has 0 aliphatic carbocycles. The molecule has 1 aliphatic heterocycles. The number of ether oxygens (including phenoxy) is 1. The van der Waals surface area contributed by atoms with Crippen molar-refractivity contribution in [3.05, 3.63) is 46.2 Å². The van der Waals surface area contributed by atoms with Gasteiger partial charge in [-0.1, -0.05) is 6.07 Å². The second kappa shape index (κ2) is 8.39. The summed E-state index contributed by atoms with van der Waals surface area (Å²) in [5, 5.41) is 2.00. The third kappa shape index (κ3) is 4.36. The van der Waals surface area contributed by atoms with Gasteiger partial charge >= 0.3 is 0 Å². The van der Waals surface area contributed by atoms with Gasteiger partial charge in [0, 0.05) is 18.7 Å². The fraction of sp³-hybridized carbons (Fsp3) is 0.267. The molecule has 1 aliphatic rings. The molecule has 0 fully saturated rings. The van der Waals surface area contributed by atoms with Crippen LogP contribution in [0.2, 0.25) is 0 Å². The summed E-state index contributed by atoms with van der Waals surface area (Å²) >= 11 is 1.59. The summed E-state index contributed by atoms with van der Waals surface area (Å²) in [6.07, 6.45) is 0. The normalized spacial score (nSPS) is 14.9. The van der Waals surface area contributed by atoms with E-state index in [1.807, 2.05) is 29.6 Å². The molecule has 0 spiro atoms. The van der Waals surface area contributed by atoms with E-state index in [1.165, 1.54) is 0 Å². The molecule has 0 bridgehead atoms. The number of benzene rings is 1. The van der Waals surface area contributed by atoms with Crippen LogP contribution in [-0.2, 0) is 6.54 Å². The first-order chi connectivity index (χ1) is 9.72. The van der Waals surface area contributed by atoms with Gasteiger partial charge in [0.1, 0.15) is 18.2 Å². The SMILES string of the molecule is CN1CCOc2ccc(N=C(N)c3cccs3)cc2C1.Cl.Cl. The van der Waals surface area contributed by atoms with Gasteiger partial charge in [0.2, 0.25) is 0 Å². The minimum atomic E-state index is 0. The van der Waals surface area contributed by atoms with Gasteiger partial charge in [-0.3, -0.25) is 4.90 Å². The van der Waals surface area contributed by atoms with Gasteiger partial charge in [-0.05, 0) is 36.7 Å². The van der Waals surface area contributed by atoms with Gasteiger partial charge in [0.15, 0.2) is 0 Å². The van der Waals surface area contributed by atoms with Gasteiger partial charge in [-0.2, -0.15) is 0 Å². The van der Waals surface area contributed by atoms with E-state index in [-0.39, 0.29) is 24.8 Å². The molecule has 0 amide bonds. The lowest BCUT2D eigenvalue weighted by Crippen LogP contribution is -2.20. The Morgan fingerprint density at radius 3 is 2.86 bits per heavy atom. The monoisotopic (exact) mass is 359 g/mol. The van der Waals surface area contributed by atoms with Crippen molar-refractivity contribution in [3.8, 4) is 5.75 Å². The van der Waals surface area contributed by atoms with Crippen LogP contribution >= 0.6 is 36.2 Å². The van der Waals surface area contributed by atoms with Crippen LogP contribution < -0.4 is 10.5 Å². The number of hydrogen-bond acceptors (Lipinski definition) is 4. The van der Waals surface area contributed by atoms with Crippen LogP contribution in [0.4, 0.5) is 5.69 Å². The predicted octanol–water partition coefficient (Wildman–Crippen LogP) is 3.45. The molecule has 1 aromatic heterocycles. The zero-order valence-corrected chi connectivity index (χ0v) is 14.6. The highest BCUT2D eigenvalue weighted by Crippen LogP contribution is 2.27. The quantitative estimate of drug-likeness (QED) is 0.659. The van der Waals surface area contributed by atoms with Crippen LogP contribution in [-0.4, -0.2) is 30.9 Å². The van der Waals surface area contributed by atoms with Gasteiger partial charge in [0.25, 0.3) is 0 Å². The van der Waals surface area contributed by atoms with E-state index >= 15 is 0 Å². The Labute approximate surface area is 146 Å². The molecule has 2 N–H and O–H groups in total. The van der Waals surface area contributed by atoms with Crippen LogP contribution in [0.15, 0.2) is 40.7 Å². The number of rotatable bonds is 2. The molecular formula is C15H19Cl2N3OS. The van der Waals surface area contributed by atoms with Crippen molar-refractivity contribution < 1.29 is 4.74 Å². The van der Waals surface area contributed by atoms with E-state index in [9.17, 15) is 0 Å². The largest absolute Gasteiger partial charge is 0.492 e. The maximum Gasteiger partial charge on any atom is 0.141 e. The third-order valence-corrected chi connectivity index (χ3v) is 4.13. The molecule has 120 valence electrons. The first-order valence-electron chi connectivity index (χ1n) is 6.55. The van der Waals surface area contributed by atoms with E-state index < -0.39 is 0 Å². The molecule has 0 saturated heterocycles. The fourth-order valence-corrected chi connectivity index (χ4v) is 2.83. The Morgan fingerprint density at radius 1 is 1.32 bits per heavy atom. The average Bonchev–Trinajstić information content (AvgIpc) is 2.89. The number of thiophene rings is 1. The maximum atomic E-state index is 6.02. The molecule has 0 unspecified atom stereocenters. The van der Waals surface area contributed by atoms with Crippen molar-refractivity contribution >= 4 is 47.7 Å². The summed E-state index contributed by atoms with van der Waals surface area (Å²) in [5.74, 6) is 1.51. The minimum Gasteiger partial charge on any atom is -0.492 e. The molecule has 7 heteroatoms. The van der Waals surface area contributed by atoms with Crippen LogP contribution in [0.5, 0.6) is 5.75 Å². The van der Waals surface area contributed by atoms with Crippen molar-refractivity contribution in [1.82, 2.24) is 4.90 Å². The fourth-order valence-electron chi connectivity index (χ4n) is 2.20. The van der Waals surface area contributed by atoms with Crippen molar-refractivity contribution in [3.63, 3.8) is 0 Å². The molecular weight excluding hydrogens is 341 g/mol. The third-order valence-electron chi connectivity index (χ3n) is 3.24. The number of hydrogen-bond donors (Lipinski definition) is 1. The number of amidine groups is 1. The summed E-state index contributed by atoms with van der Waals surface area (Å²) in [5.41, 5.74) is 8.05. The summed E-state index contributed by atoms with van der Waals surface area (Å²) in [6.45, 7) is 2.53. The summed E-state index contributed by atoms with van der Waals surface area (Å²) < 4.78 is 5.73. The maximum absolute atomic E-state index is 6.02. The molecule has 4 nitrogen and oxygen atoms in total. The number of nitrogens with zero attached hydrogens (tertiary/aromatic N) is 2. The van der Waals surface area contributed by atoms with Gasteiger partial charge < -0.3 is 10.5 Å². The zero-order chi connectivity index (χ0) is 13.9. The van der Waals surface area contributed by atoms with Gasteiger partial charge in [-0.15, -0.1) is 36.2 Å². The van der Waals surface area contributed by atoms with E-state index in [2.05, 4.69) is 23.0 Å². The van der Waals surface area contributed by atoms with Gasteiger partial charge in [-0.25, -0.2) is 4.99 Å².